The van der Waals surface area contributed by atoms with Gasteiger partial charge in [-0.1, -0.05) is 18.2 Å². The van der Waals surface area contributed by atoms with Crippen molar-refractivity contribution >= 4 is 23.0 Å². The lowest BCUT2D eigenvalue weighted by atomic mass is 10.0. The highest BCUT2D eigenvalue weighted by Gasteiger charge is 2.09. The average molecular weight is 352 g/mol. The molecule has 0 aliphatic rings. The number of halogens is 1. The molecule has 1 heterocycles. The van der Waals surface area contributed by atoms with Crippen LogP contribution in [0.1, 0.15) is 22.3 Å². The van der Waals surface area contributed by atoms with Gasteiger partial charge in [0.25, 0.3) is 0 Å². The summed E-state index contributed by atoms with van der Waals surface area (Å²) in [5.74, 6) is -1.05. The van der Waals surface area contributed by atoms with Gasteiger partial charge in [0.1, 0.15) is 18.0 Å². The third-order valence-corrected chi connectivity index (χ3v) is 4.12. The van der Waals surface area contributed by atoms with E-state index in [4.69, 9.17) is 9.15 Å². The van der Waals surface area contributed by atoms with E-state index >= 15 is 0 Å². The fourth-order valence-corrected chi connectivity index (χ4v) is 2.57. The van der Waals surface area contributed by atoms with Gasteiger partial charge in [-0.05, 0) is 49.2 Å². The molecule has 0 radical (unpaired) electrons. The Morgan fingerprint density at radius 1 is 1.15 bits per heavy atom. The average Bonchev–Trinajstić information content (AvgIpc) is 2.60. The molecule has 26 heavy (non-hydrogen) atoms. The molecule has 0 aliphatic carbocycles. The lowest BCUT2D eigenvalue weighted by Gasteiger charge is -2.08. The van der Waals surface area contributed by atoms with Crippen molar-refractivity contribution in [1.82, 2.24) is 0 Å². The summed E-state index contributed by atoms with van der Waals surface area (Å²) in [4.78, 5) is 23.6. The van der Waals surface area contributed by atoms with Gasteiger partial charge in [-0.25, -0.2) is 14.0 Å². The van der Waals surface area contributed by atoms with Crippen LogP contribution in [0, 0.1) is 19.7 Å². The third kappa shape index (κ3) is 3.88. The van der Waals surface area contributed by atoms with Gasteiger partial charge in [0.15, 0.2) is 0 Å². The number of carbonyl (C=O) groups is 1. The van der Waals surface area contributed by atoms with Crippen molar-refractivity contribution in [3.05, 3.63) is 87.0 Å². The monoisotopic (exact) mass is 352 g/mol. The van der Waals surface area contributed by atoms with Crippen LogP contribution in [0.15, 0.2) is 57.8 Å². The van der Waals surface area contributed by atoms with Crippen LogP contribution < -0.4 is 5.63 Å². The van der Waals surface area contributed by atoms with Crippen LogP contribution in [0.5, 0.6) is 0 Å². The molecule has 5 heteroatoms. The zero-order chi connectivity index (χ0) is 18.7. The molecule has 132 valence electrons. The maximum Gasteiger partial charge on any atom is 0.336 e. The Bertz CT molecular complexity index is 1060. The molecule has 3 rings (SSSR count). The molecule has 0 fully saturated rings. The van der Waals surface area contributed by atoms with E-state index in [9.17, 15) is 14.0 Å². The van der Waals surface area contributed by atoms with Crippen molar-refractivity contribution in [1.29, 1.82) is 0 Å². The number of benzene rings is 2. The van der Waals surface area contributed by atoms with Gasteiger partial charge < -0.3 is 9.15 Å². The molecule has 0 N–H and O–H groups in total. The van der Waals surface area contributed by atoms with Gasteiger partial charge in [-0.2, -0.15) is 0 Å². The molecule has 0 bridgehead atoms. The van der Waals surface area contributed by atoms with Crippen molar-refractivity contribution in [3.8, 4) is 0 Å². The molecule has 0 saturated carbocycles. The zero-order valence-electron chi connectivity index (χ0n) is 14.4. The number of ether oxygens (including phenoxy) is 1. The molecule has 4 nitrogen and oxygen atoms in total. The number of esters is 1. The molecule has 3 aromatic rings. The standard InChI is InChI=1S/C21H17FO4/c1-13-9-17-16(11-21(24)26-19(17)10-14(13)2)12-25-20(23)8-7-15-5-3-4-6-18(15)22/h3-11H,12H2,1-2H3/b8-7+. The Kier molecular flexibility index (Phi) is 4.98. The van der Waals surface area contributed by atoms with Crippen molar-refractivity contribution in [3.63, 3.8) is 0 Å². The number of hydrogen-bond donors (Lipinski definition) is 0. The topological polar surface area (TPSA) is 56.5 Å². The van der Waals surface area contributed by atoms with Crippen LogP contribution in [0.25, 0.3) is 17.0 Å². The van der Waals surface area contributed by atoms with E-state index in [2.05, 4.69) is 0 Å². The SMILES string of the molecule is Cc1cc2oc(=O)cc(COC(=O)/C=C/c3ccccc3F)c2cc1C. The predicted octanol–water partition coefficient (Wildman–Crippen LogP) is 4.31. The molecule has 0 spiro atoms. The first-order valence-corrected chi connectivity index (χ1v) is 8.07. The maximum atomic E-state index is 13.5. The van der Waals surface area contributed by atoms with Crippen LogP contribution in [-0.4, -0.2) is 5.97 Å². The largest absolute Gasteiger partial charge is 0.458 e. The van der Waals surface area contributed by atoms with Crippen molar-refractivity contribution < 1.29 is 18.3 Å². The molecule has 1 aromatic heterocycles. The van der Waals surface area contributed by atoms with Crippen LogP contribution in [0.4, 0.5) is 4.39 Å². The Hall–Kier alpha value is -3.21. The molecule has 0 amide bonds. The van der Waals surface area contributed by atoms with Gasteiger partial charge in [0.2, 0.25) is 0 Å². The Morgan fingerprint density at radius 3 is 2.65 bits per heavy atom. The summed E-state index contributed by atoms with van der Waals surface area (Å²) in [6.07, 6.45) is 2.50. The van der Waals surface area contributed by atoms with Crippen molar-refractivity contribution in [2.24, 2.45) is 0 Å². The smallest absolute Gasteiger partial charge is 0.336 e. The van der Waals surface area contributed by atoms with Crippen LogP contribution in [0.3, 0.4) is 0 Å². The van der Waals surface area contributed by atoms with Gasteiger partial charge in [-0.3, -0.25) is 0 Å². The predicted molar refractivity (Wildman–Crippen MR) is 97.2 cm³/mol. The maximum absolute atomic E-state index is 13.5. The van der Waals surface area contributed by atoms with Gasteiger partial charge in [-0.15, -0.1) is 0 Å². The first kappa shape index (κ1) is 17.6. The summed E-state index contributed by atoms with van der Waals surface area (Å²) in [7, 11) is 0. The lowest BCUT2D eigenvalue weighted by molar-refractivity contribution is -0.138. The summed E-state index contributed by atoms with van der Waals surface area (Å²) in [5, 5.41) is 0.721. The highest BCUT2D eigenvalue weighted by atomic mass is 19.1. The number of carbonyl (C=O) groups excluding carboxylic acids is 1. The molecular weight excluding hydrogens is 335 g/mol. The molecule has 0 saturated heterocycles. The first-order chi connectivity index (χ1) is 12.4. The minimum absolute atomic E-state index is 0.0783. The minimum Gasteiger partial charge on any atom is -0.458 e. The zero-order valence-corrected chi connectivity index (χ0v) is 14.4. The minimum atomic E-state index is -0.626. The van der Waals surface area contributed by atoms with Crippen LogP contribution in [-0.2, 0) is 16.1 Å². The van der Waals surface area contributed by atoms with Crippen molar-refractivity contribution in [2.75, 3.05) is 0 Å². The Morgan fingerprint density at radius 2 is 1.88 bits per heavy atom. The summed E-state index contributed by atoms with van der Waals surface area (Å²) in [5.41, 5.74) is 2.84. The van der Waals surface area contributed by atoms with Crippen molar-refractivity contribution in [2.45, 2.75) is 20.5 Å². The Balaban J connectivity index is 1.79. The highest BCUT2D eigenvalue weighted by molar-refractivity contribution is 5.87. The number of rotatable bonds is 4. The summed E-state index contributed by atoms with van der Waals surface area (Å²) in [6, 6.07) is 11.1. The first-order valence-electron chi connectivity index (χ1n) is 8.07. The summed E-state index contributed by atoms with van der Waals surface area (Å²) < 4.78 is 23.9. The highest BCUT2D eigenvalue weighted by Crippen LogP contribution is 2.22. The Labute approximate surface area is 149 Å². The number of fused-ring (bicyclic) bond motifs is 1. The van der Waals surface area contributed by atoms with Crippen LogP contribution in [0.2, 0.25) is 0 Å². The van der Waals surface area contributed by atoms with Gasteiger partial charge >= 0.3 is 11.6 Å². The second-order valence-electron chi connectivity index (χ2n) is 5.99. The fraction of sp³-hybridized carbons (Fsp3) is 0.143. The van der Waals surface area contributed by atoms with E-state index in [0.29, 0.717) is 16.7 Å². The summed E-state index contributed by atoms with van der Waals surface area (Å²) >= 11 is 0. The second kappa shape index (κ2) is 7.35. The number of aryl methyl sites for hydroxylation is 2. The lowest BCUT2D eigenvalue weighted by Crippen LogP contribution is -2.06. The van der Waals surface area contributed by atoms with Gasteiger partial charge in [0, 0.05) is 28.7 Å². The molecule has 0 aliphatic heterocycles. The molecule has 0 atom stereocenters. The van der Waals surface area contributed by atoms with E-state index in [1.165, 1.54) is 18.2 Å². The fourth-order valence-electron chi connectivity index (χ4n) is 2.57. The van der Waals surface area contributed by atoms with E-state index in [1.54, 1.807) is 24.3 Å². The van der Waals surface area contributed by atoms with E-state index in [-0.39, 0.29) is 6.61 Å². The normalized spacial score (nSPS) is 11.2. The van der Waals surface area contributed by atoms with Gasteiger partial charge in [0.05, 0.1) is 0 Å². The summed E-state index contributed by atoms with van der Waals surface area (Å²) in [6.45, 7) is 3.80. The molecule has 2 aromatic carbocycles. The van der Waals surface area contributed by atoms with E-state index in [0.717, 1.165) is 22.6 Å². The number of hydrogen-bond acceptors (Lipinski definition) is 4. The molecule has 0 unspecified atom stereocenters. The molecular formula is C21H17FO4. The second-order valence-corrected chi connectivity index (χ2v) is 5.99. The van der Waals surface area contributed by atoms with E-state index < -0.39 is 17.4 Å². The van der Waals surface area contributed by atoms with E-state index in [1.807, 2.05) is 19.9 Å². The van der Waals surface area contributed by atoms with Crippen LogP contribution >= 0.6 is 0 Å². The third-order valence-electron chi connectivity index (χ3n) is 4.12. The quantitative estimate of drug-likeness (QED) is 0.399.